The van der Waals surface area contributed by atoms with Crippen molar-refractivity contribution in [2.24, 2.45) is 0 Å². The molecule has 4 unspecified atom stereocenters. The van der Waals surface area contributed by atoms with Crippen LogP contribution >= 0.6 is 0 Å². The summed E-state index contributed by atoms with van der Waals surface area (Å²) in [7, 11) is 0. The van der Waals surface area contributed by atoms with Crippen molar-refractivity contribution in [1.82, 2.24) is 0 Å². The van der Waals surface area contributed by atoms with Gasteiger partial charge < -0.3 is 9.47 Å². The van der Waals surface area contributed by atoms with Gasteiger partial charge in [0.2, 0.25) is 0 Å². The molecular formula is C35H34O4. The Balaban J connectivity index is 1.71. The predicted molar refractivity (Wildman–Crippen MR) is 153 cm³/mol. The minimum Gasteiger partial charge on any atom is -0.454 e. The Kier molecular flexibility index (Phi) is 7.38. The highest BCUT2D eigenvalue weighted by molar-refractivity contribution is 5.90. The van der Waals surface area contributed by atoms with Gasteiger partial charge in [0.05, 0.1) is 17.0 Å². The number of hydrogen-bond donors (Lipinski definition) is 0. The van der Waals surface area contributed by atoms with E-state index in [1.54, 1.807) is 24.3 Å². The average molecular weight is 519 g/mol. The zero-order valence-electron chi connectivity index (χ0n) is 23.1. The van der Waals surface area contributed by atoms with E-state index < -0.39 is 24.1 Å². The number of esters is 2. The van der Waals surface area contributed by atoms with Gasteiger partial charge in [0.1, 0.15) is 6.10 Å². The lowest BCUT2D eigenvalue weighted by molar-refractivity contribution is -0.0534. The summed E-state index contributed by atoms with van der Waals surface area (Å²) in [6.45, 7) is 10.5. The molecule has 0 heterocycles. The van der Waals surface area contributed by atoms with Gasteiger partial charge >= 0.3 is 11.9 Å². The summed E-state index contributed by atoms with van der Waals surface area (Å²) in [4.78, 5) is 27.0. The first-order chi connectivity index (χ1) is 18.8. The van der Waals surface area contributed by atoms with Gasteiger partial charge in [0.25, 0.3) is 0 Å². The summed E-state index contributed by atoms with van der Waals surface area (Å²) in [5.41, 5.74) is 8.81. The number of benzene rings is 4. The smallest absolute Gasteiger partial charge is 0.338 e. The van der Waals surface area contributed by atoms with Crippen molar-refractivity contribution in [1.29, 1.82) is 0 Å². The molecule has 4 aromatic rings. The lowest BCUT2D eigenvalue weighted by Gasteiger charge is -2.44. The second-order valence-electron chi connectivity index (χ2n) is 10.6. The molecule has 0 N–H and O–H groups in total. The van der Waals surface area contributed by atoms with Gasteiger partial charge in [-0.2, -0.15) is 0 Å². The largest absolute Gasteiger partial charge is 0.454 e. The van der Waals surface area contributed by atoms with Gasteiger partial charge in [-0.1, -0.05) is 73.7 Å². The van der Waals surface area contributed by atoms with Crippen LogP contribution in [0, 0.1) is 27.7 Å². The van der Waals surface area contributed by atoms with Crippen LogP contribution in [0.2, 0.25) is 0 Å². The van der Waals surface area contributed by atoms with E-state index in [1.165, 1.54) is 0 Å². The lowest BCUT2D eigenvalue weighted by atomic mass is 9.67. The highest BCUT2D eigenvalue weighted by atomic mass is 16.6. The first-order valence-electron chi connectivity index (χ1n) is 13.5. The molecule has 0 radical (unpaired) electrons. The van der Waals surface area contributed by atoms with Crippen LogP contribution in [0.4, 0.5) is 0 Å². The van der Waals surface area contributed by atoms with Crippen molar-refractivity contribution < 1.29 is 19.1 Å². The van der Waals surface area contributed by atoms with Gasteiger partial charge in [-0.15, -0.1) is 0 Å². The van der Waals surface area contributed by atoms with Gasteiger partial charge in [-0.25, -0.2) is 9.59 Å². The van der Waals surface area contributed by atoms with E-state index in [2.05, 4.69) is 58.9 Å². The van der Waals surface area contributed by atoms with E-state index in [4.69, 9.17) is 9.47 Å². The molecular weight excluding hydrogens is 484 g/mol. The molecule has 0 amide bonds. The normalized spacial score (nSPS) is 20.1. The Morgan fingerprint density at radius 2 is 0.949 bits per heavy atom. The fraction of sp³-hybridized carbons (Fsp3) is 0.257. The summed E-state index contributed by atoms with van der Waals surface area (Å²) >= 11 is 0. The first kappa shape index (κ1) is 26.4. The van der Waals surface area contributed by atoms with Gasteiger partial charge in [-0.3, -0.25) is 0 Å². The topological polar surface area (TPSA) is 52.6 Å². The van der Waals surface area contributed by atoms with Gasteiger partial charge in [0.15, 0.2) is 6.10 Å². The minimum absolute atomic E-state index is 0.193. The number of carbonyl (C=O) groups is 2. The highest BCUT2D eigenvalue weighted by Gasteiger charge is 2.48. The number of rotatable bonds is 5. The zero-order valence-corrected chi connectivity index (χ0v) is 23.1. The fourth-order valence-corrected chi connectivity index (χ4v) is 6.14. The Morgan fingerprint density at radius 3 is 1.46 bits per heavy atom. The van der Waals surface area contributed by atoms with E-state index in [0.717, 1.165) is 38.9 Å². The van der Waals surface area contributed by atoms with Crippen LogP contribution in [-0.4, -0.2) is 24.1 Å². The monoisotopic (exact) mass is 518 g/mol. The van der Waals surface area contributed by atoms with Gasteiger partial charge in [0, 0.05) is 5.92 Å². The summed E-state index contributed by atoms with van der Waals surface area (Å²) in [5.74, 6) is -1.36. The number of carbonyl (C=O) groups excluding carboxylic acids is 2. The van der Waals surface area contributed by atoms with Crippen LogP contribution in [0.25, 0.3) is 0 Å². The molecule has 1 aliphatic rings. The third kappa shape index (κ3) is 4.99. The summed E-state index contributed by atoms with van der Waals surface area (Å²) in [6.07, 6.45) is -1.42. The number of fused-ring (bicyclic) bond motifs is 1. The number of ether oxygens (including phenoxy) is 2. The van der Waals surface area contributed by atoms with E-state index in [1.807, 2.05) is 42.5 Å². The maximum atomic E-state index is 13.6. The summed E-state index contributed by atoms with van der Waals surface area (Å²) < 4.78 is 12.7. The molecule has 5 rings (SSSR count). The van der Waals surface area contributed by atoms with Gasteiger partial charge in [-0.05, 0) is 90.9 Å². The molecule has 0 aliphatic heterocycles. The van der Waals surface area contributed by atoms with Crippen LogP contribution in [0.3, 0.4) is 0 Å². The molecule has 4 aromatic carbocycles. The van der Waals surface area contributed by atoms with E-state index >= 15 is 0 Å². The fourth-order valence-electron chi connectivity index (χ4n) is 6.14. The molecule has 0 spiro atoms. The minimum atomic E-state index is -0.729. The Morgan fingerprint density at radius 1 is 0.513 bits per heavy atom. The van der Waals surface area contributed by atoms with Crippen LogP contribution in [-0.2, 0) is 9.47 Å². The van der Waals surface area contributed by atoms with Crippen molar-refractivity contribution in [3.8, 4) is 0 Å². The molecule has 0 bridgehead atoms. The Labute approximate surface area is 230 Å². The van der Waals surface area contributed by atoms with Crippen molar-refractivity contribution >= 4 is 11.9 Å². The molecule has 1 aliphatic carbocycles. The molecule has 4 nitrogen and oxygen atoms in total. The molecule has 0 saturated carbocycles. The molecule has 4 heteroatoms. The van der Waals surface area contributed by atoms with Crippen LogP contribution in [0.1, 0.15) is 78.4 Å². The van der Waals surface area contributed by atoms with E-state index in [0.29, 0.717) is 11.1 Å². The molecule has 198 valence electrons. The predicted octanol–water partition coefficient (Wildman–Crippen LogP) is 7.62. The van der Waals surface area contributed by atoms with Crippen molar-refractivity contribution in [3.63, 3.8) is 0 Å². The second kappa shape index (κ2) is 10.9. The van der Waals surface area contributed by atoms with Crippen LogP contribution in [0.5, 0.6) is 0 Å². The Hall–Kier alpha value is -4.18. The molecule has 39 heavy (non-hydrogen) atoms. The second-order valence-corrected chi connectivity index (χ2v) is 10.6. The summed E-state index contributed by atoms with van der Waals surface area (Å²) in [6, 6.07) is 28.5. The molecule has 0 saturated heterocycles. The number of aryl methyl sites for hydroxylation is 4. The van der Waals surface area contributed by atoms with Crippen molar-refractivity contribution in [2.45, 2.75) is 58.7 Å². The SMILES string of the molecule is Cc1ccc(C)c2c1C(C)C(OC(=O)c1ccccc1)C(OC(=O)c1ccccc1)C2c1c(C)cccc1C. The third-order valence-corrected chi connectivity index (χ3v) is 7.99. The third-order valence-electron chi connectivity index (χ3n) is 7.99. The van der Waals surface area contributed by atoms with Crippen molar-refractivity contribution in [2.75, 3.05) is 0 Å². The lowest BCUT2D eigenvalue weighted by Crippen LogP contribution is -2.47. The quantitative estimate of drug-likeness (QED) is 0.255. The van der Waals surface area contributed by atoms with E-state index in [9.17, 15) is 9.59 Å². The maximum Gasteiger partial charge on any atom is 0.338 e. The summed E-state index contributed by atoms with van der Waals surface area (Å²) in [5, 5.41) is 0. The highest BCUT2D eigenvalue weighted by Crippen LogP contribution is 2.49. The van der Waals surface area contributed by atoms with Crippen LogP contribution in [0.15, 0.2) is 91.0 Å². The molecule has 0 aromatic heterocycles. The average Bonchev–Trinajstić information content (AvgIpc) is 2.94. The standard InChI is InChI=1S/C35H34O4/c1-21-13-12-14-22(2)28(21)31-30-24(4)20-19-23(3)29(30)25(5)32(38-34(36)26-15-8-6-9-16-26)33(31)39-35(37)27-17-10-7-11-18-27/h6-20,25,31-33H,1-5H3. The molecule has 4 atom stereocenters. The Bertz CT molecular complexity index is 1490. The molecule has 0 fully saturated rings. The first-order valence-corrected chi connectivity index (χ1v) is 13.5. The zero-order chi connectivity index (χ0) is 27.7. The van der Waals surface area contributed by atoms with Crippen molar-refractivity contribution in [3.05, 3.63) is 141 Å². The van der Waals surface area contributed by atoms with Crippen LogP contribution < -0.4 is 0 Å². The number of hydrogen-bond acceptors (Lipinski definition) is 4. The maximum absolute atomic E-state index is 13.6. The van der Waals surface area contributed by atoms with E-state index in [-0.39, 0.29) is 11.8 Å².